The number of nitrogens with one attached hydrogen (secondary N) is 2. The van der Waals surface area contributed by atoms with Crippen LogP contribution in [0.3, 0.4) is 0 Å². The van der Waals surface area contributed by atoms with Crippen LogP contribution in [0.4, 0.5) is 0 Å². The maximum Gasteiger partial charge on any atom is 0.269 e. The first-order chi connectivity index (χ1) is 10.3. The van der Waals surface area contributed by atoms with E-state index in [0.717, 1.165) is 19.5 Å². The van der Waals surface area contributed by atoms with Crippen LogP contribution in [0.1, 0.15) is 23.3 Å². The van der Waals surface area contributed by atoms with Crippen molar-refractivity contribution in [3.63, 3.8) is 0 Å². The average molecular weight is 358 g/mol. The molecular weight excluding hydrogens is 337 g/mol. The summed E-state index contributed by atoms with van der Waals surface area (Å²) in [5.74, 6) is 1.19. The van der Waals surface area contributed by atoms with Gasteiger partial charge in [0.1, 0.15) is 5.69 Å². The van der Waals surface area contributed by atoms with Gasteiger partial charge in [0.15, 0.2) is 5.82 Å². The fourth-order valence-electron chi connectivity index (χ4n) is 2.52. The average Bonchev–Trinajstić information content (AvgIpc) is 3.21. The van der Waals surface area contributed by atoms with Crippen molar-refractivity contribution >= 4 is 30.7 Å². The number of pyridine rings is 1. The van der Waals surface area contributed by atoms with E-state index in [1.165, 1.54) is 6.42 Å². The highest BCUT2D eigenvalue weighted by Crippen LogP contribution is 2.11. The lowest BCUT2D eigenvalue weighted by Gasteiger charge is -2.09. The highest BCUT2D eigenvalue weighted by molar-refractivity contribution is 5.92. The SMILES string of the molecule is Cl.Cl.O=C(NCCC1CCNC1)c1cccc(-n2cccn2)n1. The van der Waals surface area contributed by atoms with E-state index in [9.17, 15) is 4.79 Å². The number of hydrogen-bond acceptors (Lipinski definition) is 4. The summed E-state index contributed by atoms with van der Waals surface area (Å²) < 4.78 is 1.64. The van der Waals surface area contributed by atoms with E-state index in [-0.39, 0.29) is 30.7 Å². The lowest BCUT2D eigenvalue weighted by atomic mass is 10.1. The van der Waals surface area contributed by atoms with E-state index in [0.29, 0.717) is 24.0 Å². The van der Waals surface area contributed by atoms with E-state index in [1.807, 2.05) is 18.2 Å². The second kappa shape index (κ2) is 9.50. The van der Waals surface area contributed by atoms with Crippen LogP contribution in [0.25, 0.3) is 5.82 Å². The first-order valence-corrected chi connectivity index (χ1v) is 7.29. The Balaban J connectivity index is 0.00000132. The Labute approximate surface area is 147 Å². The number of carbonyl (C=O) groups excluding carboxylic acids is 1. The van der Waals surface area contributed by atoms with E-state index < -0.39 is 0 Å². The number of rotatable bonds is 5. The molecule has 3 rings (SSSR count). The minimum absolute atomic E-state index is 0. The van der Waals surface area contributed by atoms with Crippen LogP contribution in [-0.2, 0) is 0 Å². The molecule has 1 aliphatic rings. The predicted molar refractivity (Wildman–Crippen MR) is 93.8 cm³/mol. The van der Waals surface area contributed by atoms with Gasteiger partial charge in [-0.15, -0.1) is 24.8 Å². The summed E-state index contributed by atoms with van der Waals surface area (Å²) >= 11 is 0. The smallest absolute Gasteiger partial charge is 0.269 e. The molecule has 0 bridgehead atoms. The lowest BCUT2D eigenvalue weighted by molar-refractivity contribution is 0.0946. The summed E-state index contributed by atoms with van der Waals surface area (Å²) in [5.41, 5.74) is 0.424. The van der Waals surface area contributed by atoms with Crippen molar-refractivity contribution in [2.75, 3.05) is 19.6 Å². The van der Waals surface area contributed by atoms with Crippen LogP contribution in [0.5, 0.6) is 0 Å². The zero-order valence-electron chi connectivity index (χ0n) is 12.6. The summed E-state index contributed by atoms with van der Waals surface area (Å²) in [6, 6.07) is 7.19. The fourth-order valence-corrected chi connectivity index (χ4v) is 2.52. The quantitative estimate of drug-likeness (QED) is 0.856. The van der Waals surface area contributed by atoms with Crippen molar-refractivity contribution in [3.8, 4) is 5.82 Å². The van der Waals surface area contributed by atoms with Crippen molar-refractivity contribution in [1.29, 1.82) is 0 Å². The standard InChI is InChI=1S/C15H19N5O.2ClH/c21-15(17-9-6-12-5-8-16-11-12)13-3-1-4-14(19-13)20-10-2-7-18-20;;/h1-4,7,10,12,16H,5-6,8-9,11H2,(H,17,21);2*1H. The summed E-state index contributed by atoms with van der Waals surface area (Å²) in [6.07, 6.45) is 5.70. The van der Waals surface area contributed by atoms with Gasteiger partial charge in [-0.1, -0.05) is 6.07 Å². The summed E-state index contributed by atoms with van der Waals surface area (Å²) in [7, 11) is 0. The van der Waals surface area contributed by atoms with Gasteiger partial charge < -0.3 is 10.6 Å². The van der Waals surface area contributed by atoms with Crippen molar-refractivity contribution in [3.05, 3.63) is 42.4 Å². The molecule has 126 valence electrons. The van der Waals surface area contributed by atoms with Gasteiger partial charge in [0.05, 0.1) is 0 Å². The van der Waals surface area contributed by atoms with Crippen molar-refractivity contribution in [2.24, 2.45) is 5.92 Å². The van der Waals surface area contributed by atoms with Gasteiger partial charge >= 0.3 is 0 Å². The Bertz CT molecular complexity index is 600. The van der Waals surface area contributed by atoms with E-state index in [1.54, 1.807) is 23.1 Å². The normalized spacial score (nSPS) is 16.3. The molecule has 1 saturated heterocycles. The fraction of sp³-hybridized carbons (Fsp3) is 0.400. The van der Waals surface area contributed by atoms with Gasteiger partial charge in [0, 0.05) is 18.9 Å². The monoisotopic (exact) mass is 357 g/mol. The third kappa shape index (κ3) is 5.20. The number of carbonyl (C=O) groups is 1. The van der Waals surface area contributed by atoms with Crippen molar-refractivity contribution < 1.29 is 4.79 Å². The third-order valence-corrected chi connectivity index (χ3v) is 3.71. The molecule has 3 heterocycles. The molecule has 0 saturated carbocycles. The second-order valence-corrected chi connectivity index (χ2v) is 5.24. The Morgan fingerprint density at radius 3 is 2.91 bits per heavy atom. The molecule has 2 N–H and O–H groups in total. The van der Waals surface area contributed by atoms with Crippen LogP contribution in [-0.4, -0.2) is 40.3 Å². The molecule has 6 nitrogen and oxygen atoms in total. The summed E-state index contributed by atoms with van der Waals surface area (Å²) in [4.78, 5) is 16.5. The molecule has 23 heavy (non-hydrogen) atoms. The molecule has 0 aromatic carbocycles. The van der Waals surface area contributed by atoms with Crippen molar-refractivity contribution in [1.82, 2.24) is 25.4 Å². The molecule has 0 radical (unpaired) electrons. The summed E-state index contributed by atoms with van der Waals surface area (Å²) in [5, 5.41) is 10.4. The molecule has 8 heteroatoms. The number of aromatic nitrogens is 3. The largest absolute Gasteiger partial charge is 0.351 e. The van der Waals surface area contributed by atoms with Gasteiger partial charge in [-0.3, -0.25) is 4.79 Å². The first-order valence-electron chi connectivity index (χ1n) is 7.29. The maximum atomic E-state index is 12.1. The van der Waals surface area contributed by atoms with Crippen LogP contribution in [0.15, 0.2) is 36.7 Å². The minimum atomic E-state index is -0.130. The van der Waals surface area contributed by atoms with Gasteiger partial charge in [0.25, 0.3) is 5.91 Å². The molecule has 1 aliphatic heterocycles. The number of hydrogen-bond donors (Lipinski definition) is 2. The molecule has 2 aromatic heterocycles. The molecule has 1 unspecified atom stereocenters. The van der Waals surface area contributed by atoms with E-state index in [4.69, 9.17) is 0 Å². The van der Waals surface area contributed by atoms with Crippen LogP contribution in [0.2, 0.25) is 0 Å². The Hall–Kier alpha value is -1.63. The van der Waals surface area contributed by atoms with Gasteiger partial charge in [-0.2, -0.15) is 5.10 Å². The highest BCUT2D eigenvalue weighted by Gasteiger charge is 2.15. The zero-order valence-corrected chi connectivity index (χ0v) is 14.3. The topological polar surface area (TPSA) is 71.8 Å². The lowest BCUT2D eigenvalue weighted by Crippen LogP contribution is -2.27. The maximum absolute atomic E-state index is 12.1. The van der Waals surface area contributed by atoms with Crippen LogP contribution < -0.4 is 10.6 Å². The van der Waals surface area contributed by atoms with Crippen molar-refractivity contribution in [2.45, 2.75) is 12.8 Å². The van der Waals surface area contributed by atoms with Crippen LogP contribution in [0, 0.1) is 5.92 Å². The third-order valence-electron chi connectivity index (χ3n) is 3.71. The molecule has 0 spiro atoms. The number of amides is 1. The number of halogens is 2. The van der Waals surface area contributed by atoms with Gasteiger partial charge in [-0.05, 0) is 50.0 Å². The Morgan fingerprint density at radius 2 is 2.22 bits per heavy atom. The van der Waals surface area contributed by atoms with Gasteiger partial charge in [0.2, 0.25) is 0 Å². The second-order valence-electron chi connectivity index (χ2n) is 5.24. The molecule has 1 atom stereocenters. The van der Waals surface area contributed by atoms with Gasteiger partial charge in [-0.25, -0.2) is 9.67 Å². The Kier molecular flexibility index (Phi) is 8.02. The van der Waals surface area contributed by atoms with Crippen LogP contribution >= 0.6 is 24.8 Å². The minimum Gasteiger partial charge on any atom is -0.351 e. The number of nitrogens with zero attached hydrogens (tertiary/aromatic N) is 3. The summed E-state index contributed by atoms with van der Waals surface area (Å²) in [6.45, 7) is 2.84. The highest BCUT2D eigenvalue weighted by atomic mass is 35.5. The molecule has 1 fully saturated rings. The van der Waals surface area contributed by atoms with E-state index >= 15 is 0 Å². The molecule has 2 aromatic rings. The molecule has 0 aliphatic carbocycles. The van der Waals surface area contributed by atoms with E-state index in [2.05, 4.69) is 20.7 Å². The zero-order chi connectivity index (χ0) is 14.5. The molecular formula is C15H21Cl2N5O. The Morgan fingerprint density at radius 1 is 1.35 bits per heavy atom. The first kappa shape index (κ1) is 19.4. The molecule has 1 amide bonds. The predicted octanol–water partition coefficient (Wildman–Crippen LogP) is 1.84.